The second kappa shape index (κ2) is 5.87. The number of rotatable bonds is 2. The molecule has 0 unspecified atom stereocenters. The molecule has 30 heavy (non-hydrogen) atoms. The van der Waals surface area contributed by atoms with Crippen LogP contribution in [0.1, 0.15) is 27.7 Å². The quantitative estimate of drug-likeness (QED) is 0.285. The van der Waals surface area contributed by atoms with Gasteiger partial charge in [-0.2, -0.15) is 0 Å². The van der Waals surface area contributed by atoms with Gasteiger partial charge in [-0.25, -0.2) is 0 Å². The Morgan fingerprint density at radius 3 is 2.10 bits per heavy atom. The minimum Gasteiger partial charge on any atom is -0.399 e. The fourth-order valence-electron chi connectivity index (χ4n) is 4.74. The van der Waals surface area contributed by atoms with E-state index in [1.54, 1.807) is 0 Å². The number of aromatic nitrogens is 1. The molecule has 1 aliphatic rings. The van der Waals surface area contributed by atoms with Crippen molar-refractivity contribution in [3.05, 3.63) is 72.8 Å². The number of benzene rings is 4. The molecule has 0 atom stereocenters. The number of para-hydroxylation sites is 1. The van der Waals surface area contributed by atoms with Crippen molar-refractivity contribution in [1.29, 1.82) is 0 Å². The maximum Gasteiger partial charge on any atom is 0.495 e. The zero-order chi connectivity index (χ0) is 20.7. The van der Waals surface area contributed by atoms with Crippen LogP contribution in [-0.2, 0) is 9.31 Å². The maximum absolute atomic E-state index is 6.40. The standard InChI is InChI=1S/C26H24BNO2/c1-25(2)26(3,4)30-27(29-25)20-15-16-22-24-19(20)14-13-17-9-8-12-21(23(17)24)28(22)18-10-6-5-7-11-18/h5-16H,1-4H3. The van der Waals surface area contributed by atoms with E-state index in [0.29, 0.717) is 0 Å². The molecule has 4 heteroatoms. The van der Waals surface area contributed by atoms with E-state index >= 15 is 0 Å². The summed E-state index contributed by atoms with van der Waals surface area (Å²) in [6.07, 6.45) is 0. The summed E-state index contributed by atoms with van der Waals surface area (Å²) in [5, 5.41) is 5.03. The zero-order valence-electron chi connectivity index (χ0n) is 17.8. The molecule has 6 rings (SSSR count). The molecule has 5 aromatic rings. The lowest BCUT2D eigenvalue weighted by Crippen LogP contribution is -2.41. The Kier molecular flexibility index (Phi) is 3.52. The van der Waals surface area contributed by atoms with Crippen LogP contribution in [0.5, 0.6) is 0 Å². The molecule has 0 spiro atoms. The molecule has 0 bridgehead atoms. The largest absolute Gasteiger partial charge is 0.495 e. The summed E-state index contributed by atoms with van der Waals surface area (Å²) in [5.41, 5.74) is 3.99. The molecule has 0 amide bonds. The van der Waals surface area contributed by atoms with Gasteiger partial charge in [-0.05, 0) is 68.2 Å². The Labute approximate surface area is 176 Å². The van der Waals surface area contributed by atoms with Crippen molar-refractivity contribution in [2.24, 2.45) is 0 Å². The maximum atomic E-state index is 6.40. The monoisotopic (exact) mass is 393 g/mol. The summed E-state index contributed by atoms with van der Waals surface area (Å²) >= 11 is 0. The van der Waals surface area contributed by atoms with Crippen LogP contribution in [0.3, 0.4) is 0 Å². The van der Waals surface area contributed by atoms with Gasteiger partial charge in [-0.1, -0.05) is 48.5 Å². The van der Waals surface area contributed by atoms with Gasteiger partial charge in [0.2, 0.25) is 0 Å². The van der Waals surface area contributed by atoms with Crippen molar-refractivity contribution < 1.29 is 9.31 Å². The molecule has 0 radical (unpaired) electrons. The van der Waals surface area contributed by atoms with Crippen LogP contribution in [-0.4, -0.2) is 22.9 Å². The average Bonchev–Trinajstić information content (AvgIpc) is 3.18. The number of hydrogen-bond donors (Lipinski definition) is 0. The molecule has 0 saturated carbocycles. The zero-order valence-corrected chi connectivity index (χ0v) is 17.8. The second-order valence-corrected chi connectivity index (χ2v) is 9.30. The average molecular weight is 393 g/mol. The third kappa shape index (κ3) is 2.29. The summed E-state index contributed by atoms with van der Waals surface area (Å²) in [4.78, 5) is 0. The van der Waals surface area contributed by atoms with E-state index in [1.165, 1.54) is 38.3 Å². The highest BCUT2D eigenvalue weighted by Gasteiger charge is 2.52. The molecular formula is C26H24BNO2. The van der Waals surface area contributed by atoms with Gasteiger partial charge in [0.15, 0.2) is 0 Å². The molecule has 1 saturated heterocycles. The fourth-order valence-corrected chi connectivity index (χ4v) is 4.74. The van der Waals surface area contributed by atoms with Crippen molar-refractivity contribution >= 4 is 45.2 Å². The first-order chi connectivity index (χ1) is 14.4. The Balaban J connectivity index is 1.67. The minimum atomic E-state index is -0.376. The lowest BCUT2D eigenvalue weighted by atomic mass is 9.75. The van der Waals surface area contributed by atoms with Crippen LogP contribution in [0.2, 0.25) is 0 Å². The lowest BCUT2D eigenvalue weighted by molar-refractivity contribution is 0.00578. The highest BCUT2D eigenvalue weighted by atomic mass is 16.7. The van der Waals surface area contributed by atoms with Gasteiger partial charge in [0.05, 0.1) is 22.2 Å². The number of nitrogens with zero attached hydrogens (tertiary/aromatic N) is 1. The number of hydrogen-bond acceptors (Lipinski definition) is 2. The fraction of sp³-hybridized carbons (Fsp3) is 0.231. The molecule has 1 aliphatic heterocycles. The molecule has 0 N–H and O–H groups in total. The summed E-state index contributed by atoms with van der Waals surface area (Å²) in [6.45, 7) is 8.41. The van der Waals surface area contributed by atoms with Crippen LogP contribution in [0.15, 0.2) is 72.8 Å². The summed E-state index contributed by atoms with van der Waals surface area (Å²) < 4.78 is 15.2. The summed E-state index contributed by atoms with van der Waals surface area (Å²) in [5.74, 6) is 0. The van der Waals surface area contributed by atoms with E-state index in [2.05, 4.69) is 105 Å². The van der Waals surface area contributed by atoms with E-state index in [9.17, 15) is 0 Å². The van der Waals surface area contributed by atoms with Crippen LogP contribution < -0.4 is 5.46 Å². The van der Waals surface area contributed by atoms with Crippen molar-refractivity contribution in [3.8, 4) is 5.69 Å². The molecule has 0 aliphatic carbocycles. The first-order valence-electron chi connectivity index (χ1n) is 10.6. The highest BCUT2D eigenvalue weighted by Crippen LogP contribution is 2.40. The van der Waals surface area contributed by atoms with Crippen LogP contribution >= 0.6 is 0 Å². The van der Waals surface area contributed by atoms with Gasteiger partial charge in [-0.15, -0.1) is 0 Å². The molecule has 148 valence electrons. The predicted octanol–water partition coefficient (Wildman–Crippen LogP) is 5.67. The molecule has 1 aromatic heterocycles. The lowest BCUT2D eigenvalue weighted by Gasteiger charge is -2.32. The first-order valence-corrected chi connectivity index (χ1v) is 10.6. The van der Waals surface area contributed by atoms with Gasteiger partial charge in [0.1, 0.15) is 0 Å². The molecular weight excluding hydrogens is 369 g/mol. The third-order valence-corrected chi connectivity index (χ3v) is 7.01. The van der Waals surface area contributed by atoms with Gasteiger partial charge in [-0.3, -0.25) is 0 Å². The van der Waals surface area contributed by atoms with Gasteiger partial charge >= 0.3 is 7.12 Å². The van der Waals surface area contributed by atoms with E-state index in [0.717, 1.165) is 5.46 Å². The van der Waals surface area contributed by atoms with E-state index in [-0.39, 0.29) is 18.3 Å². The normalized spacial score (nSPS) is 18.2. The topological polar surface area (TPSA) is 23.4 Å². The van der Waals surface area contributed by atoms with E-state index in [4.69, 9.17) is 9.31 Å². The molecule has 1 fully saturated rings. The second-order valence-electron chi connectivity index (χ2n) is 9.30. The molecule has 3 nitrogen and oxygen atoms in total. The van der Waals surface area contributed by atoms with Crippen LogP contribution in [0.4, 0.5) is 0 Å². The third-order valence-electron chi connectivity index (χ3n) is 7.01. The van der Waals surface area contributed by atoms with Crippen molar-refractivity contribution in [1.82, 2.24) is 4.57 Å². The first kappa shape index (κ1) is 18.0. The van der Waals surface area contributed by atoms with Crippen molar-refractivity contribution in [2.45, 2.75) is 38.9 Å². The van der Waals surface area contributed by atoms with Crippen LogP contribution in [0.25, 0.3) is 38.3 Å². The summed E-state index contributed by atoms with van der Waals surface area (Å²) in [7, 11) is -0.376. The van der Waals surface area contributed by atoms with E-state index < -0.39 is 0 Å². The highest BCUT2D eigenvalue weighted by molar-refractivity contribution is 6.65. The van der Waals surface area contributed by atoms with Crippen molar-refractivity contribution in [3.63, 3.8) is 0 Å². The smallest absolute Gasteiger partial charge is 0.399 e. The SMILES string of the molecule is CC1(C)OB(c2ccc3c4c2ccc2cccc(c24)n3-c2ccccc2)OC1(C)C. The van der Waals surface area contributed by atoms with Gasteiger partial charge in [0.25, 0.3) is 0 Å². The summed E-state index contributed by atoms with van der Waals surface area (Å²) in [6, 6.07) is 25.9. The predicted molar refractivity (Wildman–Crippen MR) is 125 cm³/mol. The Morgan fingerprint density at radius 1 is 0.667 bits per heavy atom. The van der Waals surface area contributed by atoms with Crippen molar-refractivity contribution in [2.75, 3.05) is 0 Å². The van der Waals surface area contributed by atoms with Gasteiger partial charge in [0, 0.05) is 16.5 Å². The molecule has 2 heterocycles. The van der Waals surface area contributed by atoms with E-state index in [1.807, 2.05) is 0 Å². The molecule has 4 aromatic carbocycles. The Hall–Kier alpha value is -2.82. The Morgan fingerprint density at radius 2 is 1.37 bits per heavy atom. The van der Waals surface area contributed by atoms with Crippen LogP contribution in [0, 0.1) is 0 Å². The minimum absolute atomic E-state index is 0.360. The van der Waals surface area contributed by atoms with Gasteiger partial charge < -0.3 is 13.9 Å². The Bertz CT molecular complexity index is 1380.